The summed E-state index contributed by atoms with van der Waals surface area (Å²) in [5.41, 5.74) is 6.46. The molecule has 0 bridgehead atoms. The van der Waals surface area contributed by atoms with Crippen LogP contribution in [0, 0.1) is 6.92 Å². The van der Waals surface area contributed by atoms with E-state index in [0.29, 0.717) is 13.1 Å². The molecule has 23 heavy (non-hydrogen) atoms. The number of carbonyl (C=O) groups is 2. The van der Waals surface area contributed by atoms with Gasteiger partial charge in [-0.25, -0.2) is 9.59 Å². The van der Waals surface area contributed by atoms with Crippen LogP contribution in [0.4, 0.5) is 0 Å². The Morgan fingerprint density at radius 3 is 1.96 bits per heavy atom. The van der Waals surface area contributed by atoms with Crippen LogP contribution in [-0.2, 0) is 9.68 Å². The van der Waals surface area contributed by atoms with Crippen molar-refractivity contribution in [2.45, 2.75) is 46.5 Å². The third kappa shape index (κ3) is 6.80. The zero-order chi connectivity index (χ0) is 17.1. The molecule has 0 aliphatic heterocycles. The monoisotopic (exact) mass is 322 g/mol. The summed E-state index contributed by atoms with van der Waals surface area (Å²) in [6, 6.07) is 4.94. The molecule has 0 radical (unpaired) electrons. The van der Waals surface area contributed by atoms with Gasteiger partial charge in [0, 0.05) is 13.1 Å². The minimum absolute atomic E-state index is 0.182. The van der Waals surface area contributed by atoms with E-state index >= 15 is 0 Å². The summed E-state index contributed by atoms with van der Waals surface area (Å²) in [6.45, 7) is 7.08. The van der Waals surface area contributed by atoms with Crippen molar-refractivity contribution in [3.8, 4) is 0 Å². The molecule has 0 saturated carbocycles. The number of rotatable bonds is 10. The van der Waals surface area contributed by atoms with Gasteiger partial charge in [-0.15, -0.1) is 0 Å². The van der Waals surface area contributed by atoms with E-state index in [4.69, 9.17) is 9.68 Å². The summed E-state index contributed by atoms with van der Waals surface area (Å²) in [5, 5.41) is 0. The SMILES string of the molecule is CCCCNOC(=O)c1ccc(C)cc1C(=O)ONCCCC. The number of nitrogens with one attached hydrogen (secondary N) is 2. The molecule has 2 N–H and O–H groups in total. The normalized spacial score (nSPS) is 10.4. The fourth-order valence-electron chi connectivity index (χ4n) is 1.85. The standard InChI is InChI=1S/C17H26N2O4/c1-4-6-10-18-22-16(20)14-9-8-13(3)12-15(14)17(21)23-19-11-7-5-2/h8-9,12,18-19H,4-7,10-11H2,1-3H3. The smallest absolute Gasteiger partial charge is 0.357 e. The van der Waals surface area contributed by atoms with Crippen LogP contribution in [0.5, 0.6) is 0 Å². The molecular formula is C17H26N2O4. The second-order valence-electron chi connectivity index (χ2n) is 5.32. The Bertz CT molecular complexity index is 517. The summed E-state index contributed by atoms with van der Waals surface area (Å²) < 4.78 is 0. The highest BCUT2D eigenvalue weighted by Gasteiger charge is 2.20. The van der Waals surface area contributed by atoms with E-state index in [2.05, 4.69) is 11.0 Å². The van der Waals surface area contributed by atoms with Gasteiger partial charge in [0.05, 0.1) is 11.1 Å². The van der Waals surface area contributed by atoms with Crippen molar-refractivity contribution >= 4 is 11.9 Å². The summed E-state index contributed by atoms with van der Waals surface area (Å²) in [7, 11) is 0. The van der Waals surface area contributed by atoms with Gasteiger partial charge in [-0.05, 0) is 31.9 Å². The Hall–Kier alpha value is -1.92. The number of aryl methyl sites for hydroxylation is 1. The van der Waals surface area contributed by atoms with Crippen LogP contribution in [0.2, 0.25) is 0 Å². The van der Waals surface area contributed by atoms with E-state index in [-0.39, 0.29) is 11.1 Å². The van der Waals surface area contributed by atoms with Crippen molar-refractivity contribution in [3.63, 3.8) is 0 Å². The number of unbranched alkanes of at least 4 members (excludes halogenated alkanes) is 2. The Labute approximate surface area is 137 Å². The van der Waals surface area contributed by atoms with Gasteiger partial charge in [0.1, 0.15) is 0 Å². The zero-order valence-corrected chi connectivity index (χ0v) is 14.1. The van der Waals surface area contributed by atoms with E-state index in [0.717, 1.165) is 31.2 Å². The molecule has 0 fully saturated rings. The molecule has 0 aliphatic carbocycles. The second-order valence-corrected chi connectivity index (χ2v) is 5.32. The minimum atomic E-state index is -0.596. The first kappa shape index (κ1) is 19.1. The average Bonchev–Trinajstić information content (AvgIpc) is 2.55. The predicted molar refractivity (Wildman–Crippen MR) is 87.8 cm³/mol. The third-order valence-electron chi connectivity index (χ3n) is 3.21. The van der Waals surface area contributed by atoms with Crippen molar-refractivity contribution in [2.75, 3.05) is 13.1 Å². The predicted octanol–water partition coefficient (Wildman–Crippen LogP) is 2.92. The quantitative estimate of drug-likeness (QED) is 0.509. The molecule has 1 aromatic rings. The lowest BCUT2D eigenvalue weighted by atomic mass is 10.0. The molecule has 128 valence electrons. The highest BCUT2D eigenvalue weighted by Crippen LogP contribution is 2.14. The highest BCUT2D eigenvalue weighted by molar-refractivity contribution is 6.03. The Morgan fingerprint density at radius 2 is 1.43 bits per heavy atom. The molecule has 1 rings (SSSR count). The number of hydrogen-bond acceptors (Lipinski definition) is 6. The van der Waals surface area contributed by atoms with Gasteiger partial charge in [0.25, 0.3) is 0 Å². The first-order chi connectivity index (χ1) is 11.1. The maximum Gasteiger partial charge on any atom is 0.357 e. The van der Waals surface area contributed by atoms with Crippen LogP contribution in [-0.4, -0.2) is 25.0 Å². The van der Waals surface area contributed by atoms with Crippen molar-refractivity contribution in [1.82, 2.24) is 11.0 Å². The number of hydroxylamine groups is 2. The molecule has 0 saturated heterocycles. The lowest BCUT2D eigenvalue weighted by Gasteiger charge is -2.10. The summed E-state index contributed by atoms with van der Waals surface area (Å²) in [6.07, 6.45) is 3.79. The zero-order valence-electron chi connectivity index (χ0n) is 14.1. The van der Waals surface area contributed by atoms with Gasteiger partial charge in [0.15, 0.2) is 0 Å². The minimum Gasteiger partial charge on any atom is -0.367 e. The average molecular weight is 322 g/mol. The van der Waals surface area contributed by atoms with Crippen molar-refractivity contribution < 1.29 is 19.3 Å². The second kappa shape index (κ2) is 10.7. The third-order valence-corrected chi connectivity index (χ3v) is 3.21. The molecular weight excluding hydrogens is 296 g/mol. The van der Waals surface area contributed by atoms with Crippen molar-refractivity contribution in [1.29, 1.82) is 0 Å². The van der Waals surface area contributed by atoms with E-state index in [1.165, 1.54) is 0 Å². The fourth-order valence-corrected chi connectivity index (χ4v) is 1.85. The number of hydrogen-bond donors (Lipinski definition) is 2. The maximum atomic E-state index is 12.1. The lowest BCUT2D eigenvalue weighted by Crippen LogP contribution is -2.25. The van der Waals surface area contributed by atoms with Crippen LogP contribution in [0.25, 0.3) is 0 Å². The number of carbonyl (C=O) groups excluding carboxylic acids is 2. The van der Waals surface area contributed by atoms with Gasteiger partial charge >= 0.3 is 11.9 Å². The van der Waals surface area contributed by atoms with Gasteiger partial charge in [-0.2, -0.15) is 11.0 Å². The van der Waals surface area contributed by atoms with Crippen LogP contribution < -0.4 is 11.0 Å². The van der Waals surface area contributed by atoms with Crippen molar-refractivity contribution in [2.24, 2.45) is 0 Å². The molecule has 6 heteroatoms. The van der Waals surface area contributed by atoms with E-state index in [1.54, 1.807) is 18.2 Å². The Morgan fingerprint density at radius 1 is 0.913 bits per heavy atom. The Balaban J connectivity index is 2.71. The molecule has 0 aromatic heterocycles. The van der Waals surface area contributed by atoms with Crippen LogP contribution in [0.15, 0.2) is 18.2 Å². The molecule has 0 aliphatic rings. The highest BCUT2D eigenvalue weighted by atomic mass is 16.7. The molecule has 0 unspecified atom stereocenters. The van der Waals surface area contributed by atoms with Crippen LogP contribution >= 0.6 is 0 Å². The fraction of sp³-hybridized carbons (Fsp3) is 0.529. The summed E-state index contributed by atoms with van der Waals surface area (Å²) >= 11 is 0. The van der Waals surface area contributed by atoms with E-state index < -0.39 is 11.9 Å². The van der Waals surface area contributed by atoms with Gasteiger partial charge < -0.3 is 9.68 Å². The molecule has 0 atom stereocenters. The molecule has 0 spiro atoms. The van der Waals surface area contributed by atoms with Gasteiger partial charge in [-0.1, -0.05) is 38.3 Å². The van der Waals surface area contributed by atoms with E-state index in [1.807, 2.05) is 20.8 Å². The first-order valence-corrected chi connectivity index (χ1v) is 8.08. The topological polar surface area (TPSA) is 76.7 Å². The summed E-state index contributed by atoms with van der Waals surface area (Å²) in [5.74, 6) is -1.19. The molecule has 0 amide bonds. The molecule has 1 aromatic carbocycles. The maximum absolute atomic E-state index is 12.1. The molecule has 6 nitrogen and oxygen atoms in total. The first-order valence-electron chi connectivity index (χ1n) is 8.08. The largest absolute Gasteiger partial charge is 0.367 e. The van der Waals surface area contributed by atoms with Crippen molar-refractivity contribution in [3.05, 3.63) is 34.9 Å². The van der Waals surface area contributed by atoms with Crippen LogP contribution in [0.1, 0.15) is 65.8 Å². The lowest BCUT2D eigenvalue weighted by molar-refractivity contribution is 0.0204. The van der Waals surface area contributed by atoms with Crippen LogP contribution in [0.3, 0.4) is 0 Å². The molecule has 0 heterocycles. The van der Waals surface area contributed by atoms with Gasteiger partial charge in [0.2, 0.25) is 0 Å². The van der Waals surface area contributed by atoms with Gasteiger partial charge in [-0.3, -0.25) is 0 Å². The number of benzene rings is 1. The summed E-state index contributed by atoms with van der Waals surface area (Å²) in [4.78, 5) is 34.2. The Kier molecular flexibility index (Phi) is 8.94. The van der Waals surface area contributed by atoms with E-state index in [9.17, 15) is 9.59 Å².